The number of halogens is 1. The van der Waals surface area contributed by atoms with Crippen molar-refractivity contribution in [1.29, 1.82) is 0 Å². The van der Waals surface area contributed by atoms with E-state index in [2.05, 4.69) is 15.7 Å². The highest BCUT2D eigenvalue weighted by molar-refractivity contribution is 6.34. The molecule has 2 rings (SSSR count). The Morgan fingerprint density at radius 1 is 1.37 bits per heavy atom. The van der Waals surface area contributed by atoms with Crippen LogP contribution in [0.5, 0.6) is 0 Å². The predicted octanol–water partition coefficient (Wildman–Crippen LogP) is 2.58. The van der Waals surface area contributed by atoms with Gasteiger partial charge in [-0.25, -0.2) is 0 Å². The number of nitrogen functional groups attached to an aromatic ring is 1. The molecule has 0 aliphatic rings. The van der Waals surface area contributed by atoms with Crippen LogP contribution in [0, 0.1) is 6.92 Å². The number of pyridine rings is 1. The highest BCUT2D eigenvalue weighted by Gasteiger charge is 2.11. The maximum Gasteiger partial charge on any atom is 0.274 e. The van der Waals surface area contributed by atoms with E-state index in [1.54, 1.807) is 18.2 Å². The quantitative estimate of drug-likeness (QED) is 0.595. The van der Waals surface area contributed by atoms with Crippen molar-refractivity contribution in [2.75, 3.05) is 10.7 Å². The number of benzene rings is 1. The van der Waals surface area contributed by atoms with Crippen LogP contribution in [0.3, 0.4) is 0 Å². The highest BCUT2D eigenvalue weighted by Crippen LogP contribution is 2.25. The van der Waals surface area contributed by atoms with E-state index in [0.29, 0.717) is 16.4 Å². The number of carbonyl (C=O) groups excluding carboxylic acids is 1. The third-order valence-electron chi connectivity index (χ3n) is 2.62. The first-order chi connectivity index (χ1) is 9.11. The van der Waals surface area contributed by atoms with Crippen LogP contribution in [0.25, 0.3) is 0 Å². The molecule has 4 N–H and O–H groups in total. The fourth-order valence-electron chi connectivity index (χ4n) is 1.61. The largest absolute Gasteiger partial charge is 0.324 e. The molecule has 2 aromatic rings. The number of para-hydroxylation sites is 1. The topological polar surface area (TPSA) is 80.0 Å². The molecule has 0 aliphatic carbocycles. The molecule has 1 heterocycles. The van der Waals surface area contributed by atoms with Crippen LogP contribution in [-0.2, 0) is 0 Å². The maximum atomic E-state index is 12.1. The Hall–Kier alpha value is -2.11. The first kappa shape index (κ1) is 13.3. The van der Waals surface area contributed by atoms with Crippen molar-refractivity contribution >= 4 is 28.9 Å². The third-order valence-corrected chi connectivity index (χ3v) is 2.93. The number of hydrogen-bond acceptors (Lipinski definition) is 4. The number of anilines is 2. The van der Waals surface area contributed by atoms with Crippen LogP contribution in [0.1, 0.15) is 16.1 Å². The Bertz CT molecular complexity index is 595. The van der Waals surface area contributed by atoms with Crippen molar-refractivity contribution in [1.82, 2.24) is 4.98 Å². The number of amides is 1. The van der Waals surface area contributed by atoms with E-state index >= 15 is 0 Å². The summed E-state index contributed by atoms with van der Waals surface area (Å²) >= 11 is 6.05. The molecule has 0 bridgehead atoms. The lowest BCUT2D eigenvalue weighted by Gasteiger charge is -2.10. The number of nitrogens with one attached hydrogen (secondary N) is 2. The van der Waals surface area contributed by atoms with Gasteiger partial charge in [-0.05, 0) is 30.7 Å². The number of hydrogen-bond donors (Lipinski definition) is 3. The summed E-state index contributed by atoms with van der Waals surface area (Å²) < 4.78 is 0. The zero-order valence-electron chi connectivity index (χ0n) is 10.3. The summed E-state index contributed by atoms with van der Waals surface area (Å²) in [5.74, 6) is 4.95. The maximum absolute atomic E-state index is 12.1. The zero-order chi connectivity index (χ0) is 13.8. The smallest absolute Gasteiger partial charge is 0.274 e. The van der Waals surface area contributed by atoms with Gasteiger partial charge < -0.3 is 10.7 Å². The van der Waals surface area contributed by atoms with Gasteiger partial charge in [0.2, 0.25) is 0 Å². The molecule has 0 saturated carbocycles. The monoisotopic (exact) mass is 276 g/mol. The van der Waals surface area contributed by atoms with Crippen LogP contribution >= 0.6 is 11.6 Å². The summed E-state index contributed by atoms with van der Waals surface area (Å²) in [6.07, 6.45) is 1.50. The average Bonchev–Trinajstić information content (AvgIpc) is 2.43. The molecule has 5 nitrogen and oxygen atoms in total. The Labute approximate surface area is 115 Å². The van der Waals surface area contributed by atoms with E-state index in [9.17, 15) is 4.79 Å². The third kappa shape index (κ3) is 3.01. The standard InChI is InChI=1S/C13H13ClN4O/c1-8-3-2-4-10(14)12(8)17-13(19)11-7-9(18-15)5-6-16-11/h2-7H,15H2,1H3,(H,16,18)(H,17,19). The van der Waals surface area contributed by atoms with Crippen molar-refractivity contribution in [2.45, 2.75) is 6.92 Å². The molecule has 0 fully saturated rings. The van der Waals surface area contributed by atoms with E-state index in [1.165, 1.54) is 6.20 Å². The summed E-state index contributed by atoms with van der Waals surface area (Å²) in [7, 11) is 0. The molecule has 0 unspecified atom stereocenters. The van der Waals surface area contributed by atoms with E-state index in [1.807, 2.05) is 19.1 Å². The number of aromatic nitrogens is 1. The van der Waals surface area contributed by atoms with Crippen LogP contribution in [-0.4, -0.2) is 10.9 Å². The van der Waals surface area contributed by atoms with Crippen molar-refractivity contribution < 1.29 is 4.79 Å². The van der Waals surface area contributed by atoms with Crippen molar-refractivity contribution in [3.63, 3.8) is 0 Å². The molecule has 0 aliphatic heterocycles. The van der Waals surface area contributed by atoms with Gasteiger partial charge in [0.25, 0.3) is 5.91 Å². The summed E-state index contributed by atoms with van der Waals surface area (Å²) in [5.41, 5.74) is 4.80. The average molecular weight is 277 g/mol. The molecule has 6 heteroatoms. The Morgan fingerprint density at radius 3 is 2.84 bits per heavy atom. The Kier molecular flexibility index (Phi) is 3.99. The summed E-state index contributed by atoms with van der Waals surface area (Å²) in [6.45, 7) is 1.87. The van der Waals surface area contributed by atoms with Gasteiger partial charge in [0, 0.05) is 6.20 Å². The highest BCUT2D eigenvalue weighted by atomic mass is 35.5. The SMILES string of the molecule is Cc1cccc(Cl)c1NC(=O)c1cc(NN)ccn1. The van der Waals surface area contributed by atoms with Gasteiger partial charge in [-0.3, -0.25) is 15.6 Å². The number of rotatable bonds is 3. The van der Waals surface area contributed by atoms with Gasteiger partial charge in [-0.2, -0.15) is 0 Å². The molecule has 98 valence electrons. The fourth-order valence-corrected chi connectivity index (χ4v) is 1.88. The molecule has 0 saturated heterocycles. The van der Waals surface area contributed by atoms with Gasteiger partial charge in [0.15, 0.2) is 0 Å². The van der Waals surface area contributed by atoms with Crippen LogP contribution in [0.4, 0.5) is 11.4 Å². The molecular formula is C13H13ClN4O. The number of nitrogens with zero attached hydrogens (tertiary/aromatic N) is 1. The molecule has 1 amide bonds. The first-order valence-corrected chi connectivity index (χ1v) is 5.98. The minimum absolute atomic E-state index is 0.259. The molecular weight excluding hydrogens is 264 g/mol. The van der Waals surface area contributed by atoms with Crippen LogP contribution in [0.15, 0.2) is 36.5 Å². The van der Waals surface area contributed by atoms with Gasteiger partial charge >= 0.3 is 0 Å². The molecule has 0 spiro atoms. The lowest BCUT2D eigenvalue weighted by atomic mass is 10.2. The lowest BCUT2D eigenvalue weighted by molar-refractivity contribution is 0.102. The Morgan fingerprint density at radius 2 is 2.16 bits per heavy atom. The second-order valence-electron chi connectivity index (χ2n) is 3.96. The molecule has 19 heavy (non-hydrogen) atoms. The van der Waals surface area contributed by atoms with E-state index in [4.69, 9.17) is 17.4 Å². The minimum Gasteiger partial charge on any atom is -0.324 e. The number of aryl methyl sites for hydroxylation is 1. The van der Waals surface area contributed by atoms with Gasteiger partial charge in [0.1, 0.15) is 5.69 Å². The van der Waals surface area contributed by atoms with Crippen molar-refractivity contribution in [3.8, 4) is 0 Å². The second-order valence-corrected chi connectivity index (χ2v) is 4.37. The van der Waals surface area contributed by atoms with Gasteiger partial charge in [-0.15, -0.1) is 0 Å². The molecule has 1 aromatic carbocycles. The summed E-state index contributed by atoms with van der Waals surface area (Å²) in [6, 6.07) is 8.63. The minimum atomic E-state index is -0.340. The molecule has 0 radical (unpaired) electrons. The van der Waals surface area contributed by atoms with Gasteiger partial charge in [0.05, 0.1) is 16.4 Å². The first-order valence-electron chi connectivity index (χ1n) is 5.61. The Balaban J connectivity index is 2.25. The number of hydrazine groups is 1. The van der Waals surface area contributed by atoms with E-state index in [-0.39, 0.29) is 11.6 Å². The lowest BCUT2D eigenvalue weighted by Crippen LogP contribution is -2.16. The van der Waals surface area contributed by atoms with E-state index < -0.39 is 0 Å². The zero-order valence-corrected chi connectivity index (χ0v) is 11.0. The summed E-state index contributed by atoms with van der Waals surface area (Å²) in [4.78, 5) is 16.1. The van der Waals surface area contributed by atoms with Crippen molar-refractivity contribution in [3.05, 3.63) is 52.8 Å². The van der Waals surface area contributed by atoms with Crippen LogP contribution < -0.4 is 16.6 Å². The van der Waals surface area contributed by atoms with Crippen LogP contribution in [0.2, 0.25) is 5.02 Å². The van der Waals surface area contributed by atoms with E-state index in [0.717, 1.165) is 5.56 Å². The molecule has 0 atom stereocenters. The second kappa shape index (κ2) is 5.69. The van der Waals surface area contributed by atoms with Gasteiger partial charge in [-0.1, -0.05) is 23.7 Å². The molecule has 1 aromatic heterocycles. The number of nitrogens with two attached hydrogens (primary N) is 1. The van der Waals surface area contributed by atoms with Crippen molar-refractivity contribution in [2.24, 2.45) is 5.84 Å². The number of carbonyl (C=O) groups is 1. The predicted molar refractivity (Wildman–Crippen MR) is 76.2 cm³/mol. The fraction of sp³-hybridized carbons (Fsp3) is 0.0769. The summed E-state index contributed by atoms with van der Waals surface area (Å²) in [5, 5.41) is 3.23. The normalized spacial score (nSPS) is 10.1.